The Balaban J connectivity index is 1.88. The molecule has 35 heavy (non-hydrogen) atoms. The van der Waals surface area contributed by atoms with Crippen molar-refractivity contribution < 1.29 is 14.3 Å². The lowest BCUT2D eigenvalue weighted by Gasteiger charge is -2.24. The van der Waals surface area contributed by atoms with E-state index in [0.29, 0.717) is 40.9 Å². The highest BCUT2D eigenvalue weighted by Crippen LogP contribution is 2.30. The van der Waals surface area contributed by atoms with Gasteiger partial charge in [-0.1, -0.05) is 18.2 Å². The zero-order valence-electron chi connectivity index (χ0n) is 19.7. The Morgan fingerprint density at radius 2 is 1.54 bits per heavy atom. The number of carbonyl (C=O) groups excluding carboxylic acids is 2. The molecule has 0 aliphatic carbocycles. The maximum absolute atomic E-state index is 12.9. The fourth-order valence-corrected chi connectivity index (χ4v) is 3.62. The highest BCUT2D eigenvalue weighted by Gasteiger charge is 2.17. The SMILES string of the molecule is CN(C)CCN(C(=N)N)c1ccc(C(=O)Oc2ccc3cc(C(=N)N)ccc3c2CC(N)=O)cc1. The van der Waals surface area contributed by atoms with Crippen LogP contribution in [-0.4, -0.2) is 55.8 Å². The number of benzene rings is 3. The number of hydrogen-bond donors (Lipinski definition) is 5. The number of nitrogens with one attached hydrogen (secondary N) is 2. The van der Waals surface area contributed by atoms with Gasteiger partial charge < -0.3 is 31.7 Å². The van der Waals surface area contributed by atoms with Gasteiger partial charge in [-0.25, -0.2) is 4.79 Å². The molecule has 0 aliphatic heterocycles. The van der Waals surface area contributed by atoms with Crippen molar-refractivity contribution in [2.24, 2.45) is 17.2 Å². The van der Waals surface area contributed by atoms with E-state index >= 15 is 0 Å². The fourth-order valence-electron chi connectivity index (χ4n) is 3.62. The Kier molecular flexibility index (Phi) is 7.67. The number of nitrogens with zero attached hydrogens (tertiary/aromatic N) is 2. The minimum atomic E-state index is -0.607. The number of hydrogen-bond acceptors (Lipinski definition) is 6. The van der Waals surface area contributed by atoms with Crippen LogP contribution >= 0.6 is 0 Å². The zero-order valence-corrected chi connectivity index (χ0v) is 19.7. The van der Waals surface area contributed by atoms with Crippen LogP contribution in [0.15, 0.2) is 54.6 Å². The second-order valence-corrected chi connectivity index (χ2v) is 8.31. The van der Waals surface area contributed by atoms with E-state index in [1.807, 2.05) is 19.0 Å². The summed E-state index contributed by atoms with van der Waals surface area (Å²) < 4.78 is 5.64. The average molecular weight is 476 g/mol. The molecule has 0 radical (unpaired) electrons. The topological polar surface area (TPSA) is 176 Å². The summed E-state index contributed by atoms with van der Waals surface area (Å²) in [6.45, 7) is 1.22. The number of ether oxygens (including phenoxy) is 1. The van der Waals surface area contributed by atoms with Crippen molar-refractivity contribution in [1.29, 1.82) is 10.8 Å². The van der Waals surface area contributed by atoms with Gasteiger partial charge in [0.05, 0.1) is 12.0 Å². The Morgan fingerprint density at radius 1 is 0.886 bits per heavy atom. The number of esters is 1. The number of rotatable bonds is 9. The summed E-state index contributed by atoms with van der Waals surface area (Å²) in [4.78, 5) is 28.3. The highest BCUT2D eigenvalue weighted by molar-refractivity contribution is 6.01. The lowest BCUT2D eigenvalue weighted by molar-refractivity contribution is -0.117. The Labute approximate surface area is 203 Å². The quantitative estimate of drug-likeness (QED) is 0.135. The van der Waals surface area contributed by atoms with E-state index in [9.17, 15) is 9.59 Å². The molecule has 1 amide bonds. The molecule has 10 nitrogen and oxygen atoms in total. The summed E-state index contributed by atoms with van der Waals surface area (Å²) >= 11 is 0. The van der Waals surface area contributed by atoms with Crippen molar-refractivity contribution in [2.75, 3.05) is 32.1 Å². The van der Waals surface area contributed by atoms with E-state index in [0.717, 1.165) is 5.39 Å². The number of primary amides is 1. The number of carbonyl (C=O) groups is 2. The van der Waals surface area contributed by atoms with Crippen LogP contribution in [0.3, 0.4) is 0 Å². The lowest BCUT2D eigenvalue weighted by atomic mass is 9.98. The minimum Gasteiger partial charge on any atom is -0.423 e. The van der Waals surface area contributed by atoms with Crippen LogP contribution in [0.1, 0.15) is 21.5 Å². The van der Waals surface area contributed by atoms with Gasteiger partial charge in [-0.05, 0) is 61.3 Å². The monoisotopic (exact) mass is 475 g/mol. The summed E-state index contributed by atoms with van der Waals surface area (Å²) in [5, 5.41) is 16.9. The number of amides is 1. The number of fused-ring (bicyclic) bond motifs is 1. The van der Waals surface area contributed by atoms with Crippen LogP contribution in [0.4, 0.5) is 5.69 Å². The average Bonchev–Trinajstić information content (AvgIpc) is 2.80. The molecule has 0 unspecified atom stereocenters. The van der Waals surface area contributed by atoms with Crippen LogP contribution in [0, 0.1) is 10.8 Å². The Bertz CT molecular complexity index is 1290. The normalized spacial score (nSPS) is 10.8. The largest absolute Gasteiger partial charge is 0.423 e. The Hall–Kier alpha value is -4.44. The third-order valence-corrected chi connectivity index (χ3v) is 5.43. The van der Waals surface area contributed by atoms with Crippen LogP contribution in [0.2, 0.25) is 0 Å². The van der Waals surface area contributed by atoms with E-state index in [-0.39, 0.29) is 24.0 Å². The molecular weight excluding hydrogens is 446 g/mol. The third-order valence-electron chi connectivity index (χ3n) is 5.43. The van der Waals surface area contributed by atoms with Gasteiger partial charge in [0.1, 0.15) is 11.6 Å². The second-order valence-electron chi connectivity index (χ2n) is 8.31. The summed E-state index contributed by atoms with van der Waals surface area (Å²) in [5.41, 5.74) is 18.7. The molecule has 8 N–H and O–H groups in total. The first kappa shape index (κ1) is 25.2. The van der Waals surface area contributed by atoms with Crippen molar-refractivity contribution in [3.63, 3.8) is 0 Å². The molecule has 0 bridgehead atoms. The second kappa shape index (κ2) is 10.7. The van der Waals surface area contributed by atoms with E-state index in [1.165, 1.54) is 0 Å². The number of anilines is 1. The summed E-state index contributed by atoms with van der Waals surface area (Å²) in [5.74, 6) is -1.13. The third kappa shape index (κ3) is 6.12. The molecule has 182 valence electrons. The smallest absolute Gasteiger partial charge is 0.343 e. The van der Waals surface area contributed by atoms with Crippen LogP contribution in [-0.2, 0) is 11.2 Å². The highest BCUT2D eigenvalue weighted by atomic mass is 16.5. The Morgan fingerprint density at radius 3 is 2.11 bits per heavy atom. The lowest BCUT2D eigenvalue weighted by Crippen LogP contribution is -2.40. The molecule has 0 aromatic heterocycles. The number of nitrogens with two attached hydrogens (primary N) is 3. The molecule has 0 fully saturated rings. The molecule has 0 heterocycles. The van der Waals surface area contributed by atoms with Gasteiger partial charge in [-0.2, -0.15) is 0 Å². The van der Waals surface area contributed by atoms with Gasteiger partial charge in [0, 0.05) is 29.9 Å². The number of likely N-dealkylation sites (N-methyl/N-ethyl adjacent to an activating group) is 1. The van der Waals surface area contributed by atoms with Crippen molar-refractivity contribution in [3.8, 4) is 5.75 Å². The number of amidine groups is 1. The van der Waals surface area contributed by atoms with E-state index < -0.39 is 11.9 Å². The predicted octanol–water partition coefficient (Wildman–Crippen LogP) is 1.63. The standard InChI is InChI=1S/C25H29N7O3/c1-31(2)11-12-32(25(29)30)18-7-3-15(4-8-18)24(34)35-21-10-6-16-13-17(23(27)28)5-9-19(16)20(21)14-22(26)33/h3-10,13H,11-12,14H2,1-2H3,(H2,26,33)(H3,27,28)(H3,29,30). The molecule has 0 aliphatic rings. The van der Waals surface area contributed by atoms with E-state index in [1.54, 1.807) is 59.5 Å². The molecule has 0 saturated heterocycles. The molecule has 3 aromatic rings. The van der Waals surface area contributed by atoms with Crippen LogP contribution < -0.4 is 26.8 Å². The number of guanidine groups is 1. The maximum Gasteiger partial charge on any atom is 0.343 e. The molecule has 0 saturated carbocycles. The zero-order chi connectivity index (χ0) is 25.7. The van der Waals surface area contributed by atoms with Gasteiger partial charge >= 0.3 is 5.97 Å². The molecular formula is C25H29N7O3. The summed E-state index contributed by atoms with van der Waals surface area (Å²) in [7, 11) is 3.86. The minimum absolute atomic E-state index is 0.0765. The number of nitrogen functional groups attached to an aromatic ring is 1. The van der Waals surface area contributed by atoms with E-state index in [2.05, 4.69) is 0 Å². The fraction of sp³-hybridized carbons (Fsp3) is 0.200. The summed E-state index contributed by atoms with van der Waals surface area (Å²) in [6.07, 6.45) is -0.127. The van der Waals surface area contributed by atoms with Gasteiger partial charge in [0.25, 0.3) is 0 Å². The molecule has 3 aromatic carbocycles. The van der Waals surface area contributed by atoms with Crippen molar-refractivity contribution >= 4 is 40.1 Å². The van der Waals surface area contributed by atoms with Gasteiger partial charge in [0.15, 0.2) is 5.96 Å². The first-order valence-corrected chi connectivity index (χ1v) is 10.8. The van der Waals surface area contributed by atoms with Crippen LogP contribution in [0.25, 0.3) is 10.8 Å². The van der Waals surface area contributed by atoms with Crippen molar-refractivity contribution in [1.82, 2.24) is 4.90 Å². The molecule has 10 heteroatoms. The van der Waals surface area contributed by atoms with Crippen LogP contribution in [0.5, 0.6) is 5.75 Å². The van der Waals surface area contributed by atoms with E-state index in [4.69, 9.17) is 32.8 Å². The van der Waals surface area contributed by atoms with Gasteiger partial charge in [-0.15, -0.1) is 0 Å². The summed E-state index contributed by atoms with van der Waals surface area (Å²) in [6, 6.07) is 15.0. The van der Waals surface area contributed by atoms with Crippen molar-refractivity contribution in [3.05, 3.63) is 71.3 Å². The molecule has 0 spiro atoms. The molecule has 3 rings (SSSR count). The molecule has 0 atom stereocenters. The first-order valence-electron chi connectivity index (χ1n) is 10.8. The van der Waals surface area contributed by atoms with Crippen molar-refractivity contribution in [2.45, 2.75) is 6.42 Å². The van der Waals surface area contributed by atoms with Gasteiger partial charge in [-0.3, -0.25) is 15.6 Å². The maximum atomic E-state index is 12.9. The van der Waals surface area contributed by atoms with Gasteiger partial charge in [0.2, 0.25) is 5.91 Å². The first-order chi connectivity index (χ1) is 16.6. The predicted molar refractivity (Wildman–Crippen MR) is 137 cm³/mol.